The average molecular weight is 195 g/mol. The summed E-state index contributed by atoms with van der Waals surface area (Å²) in [7, 11) is 0. The van der Waals surface area contributed by atoms with Gasteiger partial charge < -0.3 is 10.1 Å². The molecule has 2 heterocycles. The molecule has 0 unspecified atom stereocenters. The Hall–Kier alpha value is -0.870. The largest absolute Gasteiger partial charge is 0.378 e. The molecule has 0 aromatic carbocycles. The molecule has 1 N–H and O–H groups in total. The van der Waals surface area contributed by atoms with Gasteiger partial charge in [-0.2, -0.15) is 5.10 Å². The fourth-order valence-corrected chi connectivity index (χ4v) is 1.36. The van der Waals surface area contributed by atoms with Crippen molar-refractivity contribution < 1.29 is 4.74 Å². The van der Waals surface area contributed by atoms with Crippen LogP contribution in [-0.4, -0.2) is 29.0 Å². The van der Waals surface area contributed by atoms with E-state index in [9.17, 15) is 0 Å². The summed E-state index contributed by atoms with van der Waals surface area (Å²) in [5.41, 5.74) is 1.10. The van der Waals surface area contributed by atoms with E-state index in [4.69, 9.17) is 4.74 Å². The molecular formula is C10H17N3O. The van der Waals surface area contributed by atoms with Crippen LogP contribution < -0.4 is 5.32 Å². The van der Waals surface area contributed by atoms with Gasteiger partial charge >= 0.3 is 0 Å². The van der Waals surface area contributed by atoms with Crippen LogP contribution in [0.25, 0.3) is 0 Å². The lowest BCUT2D eigenvalue weighted by Crippen LogP contribution is -2.45. The van der Waals surface area contributed by atoms with Crippen LogP contribution in [0.4, 0.5) is 0 Å². The first-order chi connectivity index (χ1) is 6.75. The van der Waals surface area contributed by atoms with Crippen LogP contribution in [-0.2, 0) is 11.3 Å². The third-order valence-corrected chi connectivity index (χ3v) is 2.40. The van der Waals surface area contributed by atoms with Crippen molar-refractivity contribution in [2.24, 2.45) is 0 Å². The second kappa shape index (κ2) is 4.11. The molecule has 1 aliphatic heterocycles. The van der Waals surface area contributed by atoms with E-state index < -0.39 is 0 Å². The van der Waals surface area contributed by atoms with E-state index >= 15 is 0 Å². The monoisotopic (exact) mass is 195 g/mol. The minimum absolute atomic E-state index is 0.441. The fourth-order valence-electron chi connectivity index (χ4n) is 1.36. The van der Waals surface area contributed by atoms with E-state index in [1.807, 2.05) is 10.9 Å². The van der Waals surface area contributed by atoms with Crippen molar-refractivity contribution in [3.05, 3.63) is 18.0 Å². The molecule has 0 bridgehead atoms. The zero-order valence-electron chi connectivity index (χ0n) is 8.73. The number of nitrogens with one attached hydrogen (secondary N) is 1. The molecular weight excluding hydrogens is 178 g/mol. The van der Waals surface area contributed by atoms with E-state index in [0.29, 0.717) is 12.1 Å². The van der Waals surface area contributed by atoms with Gasteiger partial charge in [0.2, 0.25) is 0 Å². The van der Waals surface area contributed by atoms with Gasteiger partial charge in [0, 0.05) is 18.8 Å². The lowest BCUT2D eigenvalue weighted by Gasteiger charge is -2.26. The van der Waals surface area contributed by atoms with Gasteiger partial charge in [-0.25, -0.2) is 0 Å². The molecule has 0 atom stereocenters. The maximum absolute atomic E-state index is 5.08. The minimum Gasteiger partial charge on any atom is -0.378 e. The molecule has 14 heavy (non-hydrogen) atoms. The Bertz CT molecular complexity index is 291. The summed E-state index contributed by atoms with van der Waals surface area (Å²) in [6.45, 7) is 6.78. The third kappa shape index (κ3) is 2.13. The van der Waals surface area contributed by atoms with Gasteiger partial charge in [0.05, 0.1) is 24.9 Å². The minimum atomic E-state index is 0.441. The summed E-state index contributed by atoms with van der Waals surface area (Å²) >= 11 is 0. The molecule has 0 amide bonds. The number of hydrogen-bond donors (Lipinski definition) is 1. The van der Waals surface area contributed by atoms with Crippen molar-refractivity contribution in [1.29, 1.82) is 0 Å². The van der Waals surface area contributed by atoms with Crippen LogP contribution in [0.1, 0.15) is 25.6 Å². The molecule has 1 saturated heterocycles. The molecule has 0 aliphatic carbocycles. The number of hydrogen-bond acceptors (Lipinski definition) is 3. The van der Waals surface area contributed by atoms with E-state index in [1.165, 1.54) is 0 Å². The van der Waals surface area contributed by atoms with Crippen LogP contribution in [0, 0.1) is 0 Å². The van der Waals surface area contributed by atoms with Gasteiger partial charge in [-0.3, -0.25) is 4.68 Å². The van der Waals surface area contributed by atoms with E-state index in [-0.39, 0.29) is 0 Å². The highest BCUT2D eigenvalue weighted by atomic mass is 16.5. The first-order valence-corrected chi connectivity index (χ1v) is 5.11. The van der Waals surface area contributed by atoms with Crippen LogP contribution >= 0.6 is 0 Å². The maximum Gasteiger partial charge on any atom is 0.0762 e. The van der Waals surface area contributed by atoms with E-state index in [1.54, 1.807) is 0 Å². The second-order valence-electron chi connectivity index (χ2n) is 4.00. The van der Waals surface area contributed by atoms with Gasteiger partial charge in [-0.05, 0) is 19.9 Å². The van der Waals surface area contributed by atoms with Crippen LogP contribution in [0.15, 0.2) is 12.3 Å². The normalized spacial score (nSPS) is 17.4. The summed E-state index contributed by atoms with van der Waals surface area (Å²) in [6, 6.07) is 3.03. The molecule has 1 fully saturated rings. The standard InChI is InChI=1S/C10H17N3O/c1-8(2)13-4-3-9(12-13)5-11-10-6-14-7-10/h3-4,8,10-11H,5-7H2,1-2H3. The van der Waals surface area contributed by atoms with E-state index in [2.05, 4.69) is 30.3 Å². The SMILES string of the molecule is CC(C)n1ccc(CNC2COC2)n1. The maximum atomic E-state index is 5.08. The molecule has 4 heteroatoms. The summed E-state index contributed by atoms with van der Waals surface area (Å²) in [4.78, 5) is 0. The van der Waals surface area contributed by atoms with Crippen molar-refractivity contribution in [3.63, 3.8) is 0 Å². The molecule has 1 aromatic heterocycles. The number of aromatic nitrogens is 2. The lowest BCUT2D eigenvalue weighted by atomic mass is 10.2. The van der Waals surface area contributed by atoms with Crippen molar-refractivity contribution in [1.82, 2.24) is 15.1 Å². The Morgan fingerprint density at radius 1 is 1.64 bits per heavy atom. The predicted octanol–water partition coefficient (Wildman–Crippen LogP) is 0.952. The average Bonchev–Trinajstić information content (AvgIpc) is 2.50. The lowest BCUT2D eigenvalue weighted by molar-refractivity contribution is -0.00593. The number of rotatable bonds is 4. The second-order valence-corrected chi connectivity index (χ2v) is 4.00. The van der Waals surface area contributed by atoms with Gasteiger partial charge in [0.15, 0.2) is 0 Å². The first-order valence-electron chi connectivity index (χ1n) is 5.11. The Balaban J connectivity index is 1.83. The fraction of sp³-hybridized carbons (Fsp3) is 0.700. The molecule has 1 aliphatic rings. The zero-order valence-corrected chi connectivity index (χ0v) is 8.73. The molecule has 0 saturated carbocycles. The van der Waals surface area contributed by atoms with E-state index in [0.717, 1.165) is 25.5 Å². The topological polar surface area (TPSA) is 39.1 Å². The van der Waals surface area contributed by atoms with Crippen molar-refractivity contribution in [2.75, 3.05) is 13.2 Å². The van der Waals surface area contributed by atoms with Gasteiger partial charge in [0.1, 0.15) is 0 Å². The zero-order chi connectivity index (χ0) is 9.97. The van der Waals surface area contributed by atoms with Crippen LogP contribution in [0.5, 0.6) is 0 Å². The highest BCUT2D eigenvalue weighted by molar-refractivity contribution is 4.99. The Morgan fingerprint density at radius 3 is 2.93 bits per heavy atom. The van der Waals surface area contributed by atoms with Crippen LogP contribution in [0.3, 0.4) is 0 Å². The molecule has 4 nitrogen and oxygen atoms in total. The summed E-state index contributed by atoms with van der Waals surface area (Å²) in [5, 5.41) is 7.84. The highest BCUT2D eigenvalue weighted by Gasteiger charge is 2.17. The van der Waals surface area contributed by atoms with Crippen molar-refractivity contribution >= 4 is 0 Å². The Labute approximate surface area is 84.3 Å². The Kier molecular flexibility index (Phi) is 2.84. The summed E-state index contributed by atoms with van der Waals surface area (Å²) < 4.78 is 7.06. The molecule has 1 aromatic rings. The molecule has 78 valence electrons. The molecule has 0 radical (unpaired) electrons. The number of nitrogens with zero attached hydrogens (tertiary/aromatic N) is 2. The Morgan fingerprint density at radius 2 is 2.43 bits per heavy atom. The summed E-state index contributed by atoms with van der Waals surface area (Å²) in [5.74, 6) is 0. The van der Waals surface area contributed by atoms with Crippen molar-refractivity contribution in [2.45, 2.75) is 32.5 Å². The van der Waals surface area contributed by atoms with Gasteiger partial charge in [-0.1, -0.05) is 0 Å². The van der Waals surface area contributed by atoms with Crippen LogP contribution in [0.2, 0.25) is 0 Å². The molecule has 0 spiro atoms. The van der Waals surface area contributed by atoms with Gasteiger partial charge in [0.25, 0.3) is 0 Å². The molecule has 2 rings (SSSR count). The predicted molar refractivity (Wildman–Crippen MR) is 54.1 cm³/mol. The quantitative estimate of drug-likeness (QED) is 0.777. The third-order valence-electron chi connectivity index (χ3n) is 2.40. The van der Waals surface area contributed by atoms with Gasteiger partial charge in [-0.15, -0.1) is 0 Å². The highest BCUT2D eigenvalue weighted by Crippen LogP contribution is 2.05. The van der Waals surface area contributed by atoms with Crippen molar-refractivity contribution in [3.8, 4) is 0 Å². The smallest absolute Gasteiger partial charge is 0.0762 e. The first kappa shape index (κ1) is 9.68. The summed E-state index contributed by atoms with van der Waals surface area (Å²) in [6.07, 6.45) is 2.03. The number of ether oxygens (including phenoxy) is 1.